The number of thioether (sulfide) groups is 1. The quantitative estimate of drug-likeness (QED) is 0.363. The molecule has 3 N–H and O–H groups in total. The molecule has 1 aromatic rings. The number of alkyl halides is 1. The first-order valence-corrected chi connectivity index (χ1v) is 18.3. The van der Waals surface area contributed by atoms with Crippen molar-refractivity contribution in [2.45, 2.75) is 138 Å². The van der Waals surface area contributed by atoms with E-state index in [4.69, 9.17) is 21.3 Å². The fourth-order valence-electron chi connectivity index (χ4n) is 9.17. The number of halogens is 1. The Balaban J connectivity index is 1.13. The average Bonchev–Trinajstić information content (AvgIpc) is 3.57. The molecule has 4 fully saturated rings. The number of hydrogen-bond acceptors (Lipinski definition) is 8. The van der Waals surface area contributed by atoms with Crippen molar-refractivity contribution >= 4 is 29.3 Å². The number of carbonyl (C=O) groups is 1. The molecule has 2 aliphatic heterocycles. The molecule has 3 aliphatic carbocycles. The molecule has 246 valence electrons. The van der Waals surface area contributed by atoms with Crippen molar-refractivity contribution in [1.29, 1.82) is 0 Å². The summed E-state index contributed by atoms with van der Waals surface area (Å²) < 4.78 is 8.44. The first kappa shape index (κ1) is 32.8. The van der Waals surface area contributed by atoms with E-state index in [1.807, 2.05) is 13.8 Å². The van der Waals surface area contributed by atoms with E-state index in [-0.39, 0.29) is 52.3 Å². The summed E-state index contributed by atoms with van der Waals surface area (Å²) in [6, 6.07) is 0.860. The highest BCUT2D eigenvalue weighted by atomic mass is 35.5. The van der Waals surface area contributed by atoms with E-state index in [1.165, 1.54) is 0 Å². The zero-order chi connectivity index (χ0) is 31.3. The smallest absolute Gasteiger partial charge is 0.308 e. The number of carboxylic acids is 1. The van der Waals surface area contributed by atoms with Gasteiger partial charge in [0, 0.05) is 46.1 Å². The first-order chi connectivity index (χ1) is 20.9. The van der Waals surface area contributed by atoms with E-state index in [1.54, 1.807) is 16.3 Å². The van der Waals surface area contributed by atoms with Crippen molar-refractivity contribution in [3.8, 4) is 0 Å². The van der Waals surface area contributed by atoms with Crippen molar-refractivity contribution < 1.29 is 19.7 Å². The second-order valence-corrected chi connectivity index (χ2v) is 16.5. The normalized spacial score (nSPS) is 40.6. The maximum absolute atomic E-state index is 13.8. The zero-order valence-electron chi connectivity index (χ0n) is 26.7. The first-order valence-electron chi connectivity index (χ1n) is 16.8. The van der Waals surface area contributed by atoms with Gasteiger partial charge in [-0.15, -0.1) is 11.6 Å². The monoisotopic (exact) mass is 650 g/mol. The highest BCUT2D eigenvalue weighted by Crippen LogP contribution is 2.48. The van der Waals surface area contributed by atoms with E-state index in [0.717, 1.165) is 74.9 Å². The Morgan fingerprint density at radius 3 is 2.75 bits per heavy atom. The zero-order valence-corrected chi connectivity index (χ0v) is 28.3. The van der Waals surface area contributed by atoms with Crippen LogP contribution in [-0.2, 0) is 28.9 Å². The maximum atomic E-state index is 13.8. The number of aliphatic hydroxyl groups is 1. The summed E-state index contributed by atoms with van der Waals surface area (Å²) in [7, 11) is 2.15. The Hall–Kier alpha value is -1.17. The van der Waals surface area contributed by atoms with Gasteiger partial charge in [-0.1, -0.05) is 0 Å². The van der Waals surface area contributed by atoms with Crippen LogP contribution in [0.4, 0.5) is 0 Å². The Kier molecular flexibility index (Phi) is 9.79. The number of likely N-dealkylation sites (N-methyl/N-ethyl adjacent to an activating group) is 1. The number of hydrogen-bond donors (Lipinski definition) is 3. The van der Waals surface area contributed by atoms with Gasteiger partial charge in [-0.3, -0.25) is 14.2 Å². The van der Waals surface area contributed by atoms with Crippen molar-refractivity contribution in [2.75, 3.05) is 19.4 Å². The molecule has 1 aromatic heterocycles. The molecule has 2 saturated heterocycles. The van der Waals surface area contributed by atoms with E-state index in [9.17, 15) is 19.8 Å². The number of nitrogens with one attached hydrogen (secondary N) is 1. The molecule has 0 spiro atoms. The van der Waals surface area contributed by atoms with Crippen LogP contribution in [0, 0.1) is 24.7 Å². The summed E-state index contributed by atoms with van der Waals surface area (Å²) in [5.74, 6) is 0.953. The summed E-state index contributed by atoms with van der Waals surface area (Å²) in [6.45, 7) is 6.93. The van der Waals surface area contributed by atoms with Crippen LogP contribution in [0.1, 0.15) is 82.3 Å². The van der Waals surface area contributed by atoms with Gasteiger partial charge in [0.15, 0.2) is 0 Å². The summed E-state index contributed by atoms with van der Waals surface area (Å²) in [5.41, 5.74) is 1.25. The molecule has 5 aliphatic rings. The van der Waals surface area contributed by atoms with Gasteiger partial charge in [-0.05, 0) is 104 Å². The van der Waals surface area contributed by atoms with Crippen LogP contribution in [0.25, 0.3) is 0 Å². The van der Waals surface area contributed by atoms with E-state index in [0.29, 0.717) is 37.3 Å². The van der Waals surface area contributed by atoms with Crippen LogP contribution in [-0.4, -0.2) is 96.5 Å². The molecule has 11 atom stereocenters. The number of rotatable bonds is 8. The minimum Gasteiger partial charge on any atom is -0.481 e. The third-order valence-electron chi connectivity index (χ3n) is 11.6. The van der Waals surface area contributed by atoms with Gasteiger partial charge < -0.3 is 25.2 Å². The molecule has 44 heavy (non-hydrogen) atoms. The topological polar surface area (TPSA) is 117 Å². The number of piperidine rings is 1. The van der Waals surface area contributed by atoms with Gasteiger partial charge in [0.2, 0.25) is 0 Å². The molecule has 0 amide bonds. The summed E-state index contributed by atoms with van der Waals surface area (Å²) in [6.07, 6.45) is 8.81. The molecule has 0 radical (unpaired) electrons. The van der Waals surface area contributed by atoms with Gasteiger partial charge in [0.1, 0.15) is 5.82 Å². The average molecular weight is 651 g/mol. The van der Waals surface area contributed by atoms with Crippen LogP contribution in [0.2, 0.25) is 0 Å². The Morgan fingerprint density at radius 2 is 2.02 bits per heavy atom. The van der Waals surface area contributed by atoms with E-state index >= 15 is 0 Å². The lowest BCUT2D eigenvalue weighted by atomic mass is 9.70. The van der Waals surface area contributed by atoms with Gasteiger partial charge in [-0.2, -0.15) is 11.8 Å². The van der Waals surface area contributed by atoms with Crippen LogP contribution < -0.4 is 10.9 Å². The number of nitrogens with zero attached hydrogens (tertiary/aromatic N) is 3. The second-order valence-electron chi connectivity index (χ2n) is 14.7. The Labute approximate surface area is 270 Å². The molecule has 8 unspecified atom stereocenters. The molecule has 2 saturated carbocycles. The van der Waals surface area contributed by atoms with Gasteiger partial charge in [0.05, 0.1) is 36.5 Å². The number of ether oxygens (including phenoxy) is 1. The summed E-state index contributed by atoms with van der Waals surface area (Å²) in [4.78, 5) is 33.1. The highest BCUT2D eigenvalue weighted by molar-refractivity contribution is 8.00. The lowest BCUT2D eigenvalue weighted by Gasteiger charge is -2.47. The molecule has 0 bridgehead atoms. The van der Waals surface area contributed by atoms with Crippen LogP contribution in [0.5, 0.6) is 0 Å². The van der Waals surface area contributed by atoms with Crippen molar-refractivity contribution in [3.63, 3.8) is 0 Å². The molecular formula is C33H51ClN4O5S. The van der Waals surface area contributed by atoms with Gasteiger partial charge >= 0.3 is 5.97 Å². The van der Waals surface area contributed by atoms with Crippen LogP contribution >= 0.6 is 23.4 Å². The number of aromatic nitrogens is 2. The largest absolute Gasteiger partial charge is 0.481 e. The predicted molar refractivity (Wildman–Crippen MR) is 174 cm³/mol. The summed E-state index contributed by atoms with van der Waals surface area (Å²) >= 11 is 8.55. The predicted octanol–water partition coefficient (Wildman–Crippen LogP) is 3.62. The molecule has 6 rings (SSSR count). The third-order valence-corrected chi connectivity index (χ3v) is 13.6. The fourth-order valence-corrected chi connectivity index (χ4v) is 11.3. The van der Waals surface area contributed by atoms with E-state index in [2.05, 4.69) is 24.2 Å². The number of aryl methyl sites for hydroxylation is 2. The Bertz CT molecular complexity index is 1280. The fraction of sp³-hybridized carbons (Fsp3) is 0.848. The maximum Gasteiger partial charge on any atom is 0.308 e. The summed E-state index contributed by atoms with van der Waals surface area (Å²) in [5, 5.41) is 24.3. The minimum absolute atomic E-state index is 0.0184. The number of aliphatic carboxylic acids is 1. The standard InChI is InChI=1S/C33H51ClN4O5S/c1-18-13-24(30-29(35-18)26(17-44-30)32(40)41)23-14-20(34)5-8-28(23)43-12-11-38-19(2)36-27-7-6-21(15-25(27)31(38)39)37(4)22-9-10-33(3,42)16-22/h18,20-24,26,28-30,35,42H,5-17H2,1-4H3,(H,40,41)/t18?,20?,21-,22-,23?,24?,26?,28?,29?,30?,33+/m0/s1. The van der Waals surface area contributed by atoms with Gasteiger partial charge in [0.25, 0.3) is 5.56 Å². The SMILES string of the molecule is Cc1nc2c(c(=O)n1CCOC1CCC(Cl)CC1C1CC(C)NC3C(C(=O)O)CSC13)C[C@@H](N(C)[C@H]1CC[C@@](C)(O)C1)CC2. The third kappa shape index (κ3) is 6.63. The molecule has 0 aromatic carbocycles. The molecule has 11 heteroatoms. The molecule has 3 heterocycles. The van der Waals surface area contributed by atoms with E-state index < -0.39 is 11.6 Å². The lowest BCUT2D eigenvalue weighted by molar-refractivity contribution is -0.142. The van der Waals surface area contributed by atoms with Crippen molar-refractivity contribution in [2.24, 2.45) is 17.8 Å². The minimum atomic E-state index is -0.707. The van der Waals surface area contributed by atoms with Crippen molar-refractivity contribution in [3.05, 3.63) is 27.4 Å². The molecular weight excluding hydrogens is 600 g/mol. The number of fused-ring (bicyclic) bond motifs is 2. The van der Waals surface area contributed by atoms with Crippen LogP contribution in [0.3, 0.4) is 0 Å². The highest BCUT2D eigenvalue weighted by Gasteiger charge is 2.51. The number of carboxylic acid groups (broad SMARTS) is 1. The lowest BCUT2D eigenvalue weighted by Crippen LogP contribution is -2.57. The Morgan fingerprint density at radius 1 is 1.23 bits per heavy atom. The van der Waals surface area contributed by atoms with Crippen LogP contribution in [0.15, 0.2) is 4.79 Å². The molecule has 9 nitrogen and oxygen atoms in total. The van der Waals surface area contributed by atoms with Gasteiger partial charge in [-0.25, -0.2) is 4.98 Å². The second kappa shape index (κ2) is 13.1. The van der Waals surface area contributed by atoms with Crippen molar-refractivity contribution in [1.82, 2.24) is 19.8 Å².